The van der Waals surface area contributed by atoms with Crippen LogP contribution in [0.25, 0.3) is 0 Å². The number of nitrogens with zero attached hydrogens (tertiary/aromatic N) is 1. The summed E-state index contributed by atoms with van der Waals surface area (Å²) in [7, 11) is 0. The minimum Gasteiger partial charge on any atom is -0.482 e. The van der Waals surface area contributed by atoms with Crippen LogP contribution in [0.2, 0.25) is 10.0 Å². The molecule has 0 fully saturated rings. The number of rotatable bonds is 4. The number of fused-ring (bicyclic) bond motifs is 1. The lowest BCUT2D eigenvalue weighted by Crippen LogP contribution is -2.26. The van der Waals surface area contributed by atoms with Gasteiger partial charge in [0.05, 0.1) is 10.7 Å². The molecule has 140 valence electrons. The number of benzene rings is 1. The van der Waals surface area contributed by atoms with Crippen LogP contribution in [0.3, 0.4) is 0 Å². The third-order valence-corrected chi connectivity index (χ3v) is 6.23. The lowest BCUT2D eigenvalue weighted by atomic mass is 9.73. The Morgan fingerprint density at radius 3 is 2.85 bits per heavy atom. The second kappa shape index (κ2) is 7.75. The van der Waals surface area contributed by atoms with E-state index in [0.29, 0.717) is 26.8 Å². The maximum Gasteiger partial charge on any atom is 0.264 e. The van der Waals surface area contributed by atoms with Crippen LogP contribution in [0.1, 0.15) is 37.8 Å². The normalized spacial score (nSPS) is 16.9. The van der Waals surface area contributed by atoms with Crippen molar-refractivity contribution in [2.75, 3.05) is 11.9 Å². The molecule has 3 rings (SSSR count). The number of aromatic nitrogens is 1. The second-order valence-electron chi connectivity index (χ2n) is 7.61. The van der Waals surface area contributed by atoms with Gasteiger partial charge in [-0.2, -0.15) is 0 Å². The molecule has 1 N–H and O–H groups in total. The highest BCUT2D eigenvalue weighted by Crippen LogP contribution is 2.40. The zero-order valence-electron chi connectivity index (χ0n) is 15.1. The summed E-state index contributed by atoms with van der Waals surface area (Å²) in [6.07, 6.45) is 3.15. The Bertz CT molecular complexity index is 814. The van der Waals surface area contributed by atoms with E-state index >= 15 is 0 Å². The SMILES string of the molecule is CC(C)(C)C1CCc2nc(NC(=O)COc3ccc(Cl)cc3Cl)sc2C1. The first-order valence-electron chi connectivity index (χ1n) is 8.58. The molecule has 1 aromatic heterocycles. The zero-order valence-corrected chi connectivity index (χ0v) is 17.4. The molecule has 0 saturated heterocycles. The van der Waals surface area contributed by atoms with E-state index in [1.807, 2.05) is 0 Å². The van der Waals surface area contributed by atoms with Gasteiger partial charge in [0, 0.05) is 9.90 Å². The highest BCUT2D eigenvalue weighted by molar-refractivity contribution is 7.15. The highest BCUT2D eigenvalue weighted by Gasteiger charge is 2.30. The quantitative estimate of drug-likeness (QED) is 0.708. The molecule has 0 saturated carbocycles. The molecule has 0 spiro atoms. The number of anilines is 1. The molecule has 1 amide bonds. The molecule has 2 aromatic rings. The average molecular weight is 413 g/mol. The van der Waals surface area contributed by atoms with Crippen molar-refractivity contribution in [3.05, 3.63) is 38.8 Å². The summed E-state index contributed by atoms with van der Waals surface area (Å²) < 4.78 is 5.46. The van der Waals surface area contributed by atoms with Gasteiger partial charge in [0.1, 0.15) is 5.75 Å². The molecule has 1 aliphatic carbocycles. The Kier molecular flexibility index (Phi) is 5.80. The summed E-state index contributed by atoms with van der Waals surface area (Å²) in [5.41, 5.74) is 1.41. The number of carbonyl (C=O) groups is 1. The Balaban J connectivity index is 1.58. The van der Waals surface area contributed by atoms with Crippen molar-refractivity contribution >= 4 is 45.6 Å². The van der Waals surface area contributed by atoms with E-state index in [9.17, 15) is 4.79 Å². The van der Waals surface area contributed by atoms with Crippen molar-refractivity contribution in [1.29, 1.82) is 0 Å². The van der Waals surface area contributed by atoms with Crippen molar-refractivity contribution in [3.8, 4) is 5.75 Å². The van der Waals surface area contributed by atoms with Gasteiger partial charge in [0.15, 0.2) is 11.7 Å². The molecule has 0 radical (unpaired) electrons. The van der Waals surface area contributed by atoms with Gasteiger partial charge in [0.25, 0.3) is 5.91 Å². The zero-order chi connectivity index (χ0) is 18.9. The van der Waals surface area contributed by atoms with Crippen molar-refractivity contribution in [2.24, 2.45) is 11.3 Å². The summed E-state index contributed by atoms with van der Waals surface area (Å²) in [6, 6.07) is 4.89. The van der Waals surface area contributed by atoms with Crippen LogP contribution in [0.5, 0.6) is 5.75 Å². The molecule has 1 aromatic carbocycles. The molecule has 0 bridgehead atoms. The van der Waals surface area contributed by atoms with E-state index in [2.05, 4.69) is 31.1 Å². The number of thiazole rings is 1. The molecular weight excluding hydrogens is 391 g/mol. The standard InChI is InChI=1S/C19H22Cl2N2O2S/c1-19(2,3)11-4-6-14-16(8-11)26-18(22-14)23-17(24)10-25-15-7-5-12(20)9-13(15)21/h5,7,9,11H,4,6,8,10H2,1-3H3,(H,22,23,24). The van der Waals surface area contributed by atoms with Crippen molar-refractivity contribution < 1.29 is 9.53 Å². The van der Waals surface area contributed by atoms with Crippen LogP contribution in [0.4, 0.5) is 5.13 Å². The van der Waals surface area contributed by atoms with Crippen LogP contribution in [0.15, 0.2) is 18.2 Å². The number of halogens is 2. The second-order valence-corrected chi connectivity index (χ2v) is 9.53. The van der Waals surface area contributed by atoms with Crippen molar-refractivity contribution in [3.63, 3.8) is 0 Å². The average Bonchev–Trinajstić information content (AvgIpc) is 2.94. The summed E-state index contributed by atoms with van der Waals surface area (Å²) in [5.74, 6) is 0.821. The Hall–Kier alpha value is -1.30. The smallest absolute Gasteiger partial charge is 0.264 e. The number of hydrogen-bond acceptors (Lipinski definition) is 4. The first-order chi connectivity index (χ1) is 12.2. The van der Waals surface area contributed by atoms with Crippen LogP contribution < -0.4 is 10.1 Å². The number of hydrogen-bond donors (Lipinski definition) is 1. The van der Waals surface area contributed by atoms with Gasteiger partial charge in [-0.1, -0.05) is 44.0 Å². The topological polar surface area (TPSA) is 51.2 Å². The fraction of sp³-hybridized carbons (Fsp3) is 0.474. The fourth-order valence-electron chi connectivity index (χ4n) is 3.06. The summed E-state index contributed by atoms with van der Waals surface area (Å²) in [4.78, 5) is 18.0. The number of aryl methyl sites for hydroxylation is 1. The lowest BCUT2D eigenvalue weighted by Gasteiger charge is -2.33. The van der Waals surface area contributed by atoms with Crippen LogP contribution in [-0.4, -0.2) is 17.5 Å². The largest absolute Gasteiger partial charge is 0.482 e. The molecule has 1 aliphatic rings. The predicted molar refractivity (Wildman–Crippen MR) is 108 cm³/mol. The lowest BCUT2D eigenvalue weighted by molar-refractivity contribution is -0.118. The van der Waals surface area contributed by atoms with Crippen LogP contribution in [-0.2, 0) is 17.6 Å². The number of nitrogens with one attached hydrogen (secondary N) is 1. The summed E-state index contributed by atoms with van der Waals surface area (Å²) in [5, 5.41) is 4.37. The molecule has 7 heteroatoms. The minimum absolute atomic E-state index is 0.129. The van der Waals surface area contributed by atoms with Gasteiger partial charge in [-0.15, -0.1) is 11.3 Å². The Labute approximate surface area is 167 Å². The third kappa shape index (κ3) is 4.70. The van der Waals surface area contributed by atoms with Crippen LogP contribution >= 0.6 is 34.5 Å². The molecule has 1 heterocycles. The van der Waals surface area contributed by atoms with E-state index in [1.165, 1.54) is 4.88 Å². The van der Waals surface area contributed by atoms with Crippen LogP contribution in [0, 0.1) is 11.3 Å². The number of carbonyl (C=O) groups excluding carboxylic acids is 1. The monoisotopic (exact) mass is 412 g/mol. The van der Waals surface area contributed by atoms with Gasteiger partial charge < -0.3 is 4.74 Å². The first-order valence-corrected chi connectivity index (χ1v) is 10.2. The fourth-order valence-corrected chi connectivity index (χ4v) is 4.63. The molecule has 1 unspecified atom stereocenters. The van der Waals surface area contributed by atoms with E-state index < -0.39 is 0 Å². The summed E-state index contributed by atoms with van der Waals surface area (Å²) >= 11 is 13.5. The molecule has 0 aliphatic heterocycles. The van der Waals surface area contributed by atoms with Crippen molar-refractivity contribution in [1.82, 2.24) is 4.98 Å². The molecule has 26 heavy (non-hydrogen) atoms. The third-order valence-electron chi connectivity index (χ3n) is 4.66. The van der Waals surface area contributed by atoms with Gasteiger partial charge in [0.2, 0.25) is 0 Å². The van der Waals surface area contributed by atoms with Gasteiger partial charge >= 0.3 is 0 Å². The number of ether oxygens (including phenoxy) is 1. The predicted octanol–water partition coefficient (Wildman–Crippen LogP) is 5.62. The molecule has 1 atom stereocenters. The van der Waals surface area contributed by atoms with E-state index in [-0.39, 0.29) is 17.9 Å². The van der Waals surface area contributed by atoms with E-state index in [0.717, 1.165) is 25.0 Å². The summed E-state index contributed by atoms with van der Waals surface area (Å²) in [6.45, 7) is 6.72. The van der Waals surface area contributed by atoms with Gasteiger partial charge in [-0.3, -0.25) is 10.1 Å². The maximum atomic E-state index is 12.2. The van der Waals surface area contributed by atoms with E-state index in [1.54, 1.807) is 29.5 Å². The molecular formula is C19H22Cl2N2O2S. The highest BCUT2D eigenvalue weighted by atomic mass is 35.5. The Morgan fingerprint density at radius 1 is 1.38 bits per heavy atom. The molecule has 4 nitrogen and oxygen atoms in total. The minimum atomic E-state index is -0.255. The Morgan fingerprint density at radius 2 is 2.15 bits per heavy atom. The maximum absolute atomic E-state index is 12.2. The van der Waals surface area contributed by atoms with Gasteiger partial charge in [-0.25, -0.2) is 4.98 Å². The van der Waals surface area contributed by atoms with Crippen molar-refractivity contribution in [2.45, 2.75) is 40.0 Å². The van der Waals surface area contributed by atoms with Gasteiger partial charge in [-0.05, 0) is 48.8 Å². The number of amides is 1. The van der Waals surface area contributed by atoms with E-state index in [4.69, 9.17) is 27.9 Å². The first kappa shape index (κ1) is 19.5.